The Kier molecular flexibility index (Phi) is 3.97. The van der Waals surface area contributed by atoms with E-state index in [0.717, 1.165) is 31.9 Å². The fraction of sp³-hybridized carbons (Fsp3) is 0.857. The Hall–Kier alpha value is -0.910. The zero-order valence-corrected chi connectivity index (χ0v) is 13.2. The minimum Gasteiger partial charge on any atom is -0.338 e. The van der Waals surface area contributed by atoms with Crippen molar-refractivity contribution in [2.45, 2.75) is 56.7 Å². The molecular weight excluding hydrogens is 278 g/mol. The van der Waals surface area contributed by atoms with Crippen LogP contribution in [0.5, 0.6) is 0 Å². The van der Waals surface area contributed by atoms with Gasteiger partial charge in [-0.3, -0.25) is 9.59 Å². The highest BCUT2D eigenvalue weighted by atomic mass is 32.2. The van der Waals surface area contributed by atoms with Gasteiger partial charge in [-0.25, -0.2) is 8.42 Å². The molecule has 1 amide bonds. The molecule has 0 bridgehead atoms. The molecule has 0 radical (unpaired) electrons. The van der Waals surface area contributed by atoms with E-state index in [2.05, 4.69) is 0 Å². The summed E-state index contributed by atoms with van der Waals surface area (Å²) in [6.45, 7) is 3.47. The van der Waals surface area contributed by atoms with Gasteiger partial charge in [-0.05, 0) is 39.5 Å². The van der Waals surface area contributed by atoms with Crippen molar-refractivity contribution in [2.24, 2.45) is 5.92 Å². The van der Waals surface area contributed by atoms with Crippen molar-refractivity contribution in [3.63, 3.8) is 0 Å². The number of carbonyl (C=O) groups excluding carboxylic acids is 2. The second kappa shape index (κ2) is 5.13. The Bertz CT molecular complexity index is 523. The monoisotopic (exact) mass is 301 g/mol. The molecule has 2 fully saturated rings. The third-order valence-corrected chi connectivity index (χ3v) is 6.85. The van der Waals surface area contributed by atoms with E-state index in [1.165, 1.54) is 13.8 Å². The number of hydrogen-bond acceptors (Lipinski definition) is 4. The van der Waals surface area contributed by atoms with E-state index in [1.807, 2.05) is 0 Å². The molecule has 2 rings (SSSR count). The van der Waals surface area contributed by atoms with E-state index < -0.39 is 14.6 Å². The number of hydrogen-bond donors (Lipinski definition) is 0. The molecule has 1 heterocycles. The number of rotatable bonds is 3. The summed E-state index contributed by atoms with van der Waals surface area (Å²) in [7, 11) is -3.48. The highest BCUT2D eigenvalue weighted by molar-refractivity contribution is 7.92. The minimum atomic E-state index is -3.48. The third-order valence-electron chi connectivity index (χ3n) is 4.82. The Labute approximate surface area is 120 Å². The van der Waals surface area contributed by atoms with Gasteiger partial charge in [0.25, 0.3) is 0 Å². The molecule has 1 aliphatic carbocycles. The van der Waals surface area contributed by atoms with Crippen LogP contribution in [0, 0.1) is 5.92 Å². The van der Waals surface area contributed by atoms with Gasteiger partial charge in [0.05, 0.1) is 0 Å². The molecule has 0 aromatic heterocycles. The molecule has 1 saturated heterocycles. The molecule has 1 saturated carbocycles. The van der Waals surface area contributed by atoms with Crippen molar-refractivity contribution in [2.75, 3.05) is 12.8 Å². The largest absolute Gasteiger partial charge is 0.338 e. The quantitative estimate of drug-likeness (QED) is 0.784. The summed E-state index contributed by atoms with van der Waals surface area (Å²) in [5.74, 6) is -0.217. The van der Waals surface area contributed by atoms with Crippen LogP contribution in [0.1, 0.15) is 46.0 Å². The van der Waals surface area contributed by atoms with Gasteiger partial charge < -0.3 is 4.90 Å². The molecule has 114 valence electrons. The molecule has 1 aliphatic heterocycles. The molecule has 5 nitrogen and oxygen atoms in total. The van der Waals surface area contributed by atoms with E-state index in [0.29, 0.717) is 13.0 Å². The first-order chi connectivity index (χ1) is 9.16. The number of carbonyl (C=O) groups is 2. The summed E-state index contributed by atoms with van der Waals surface area (Å²) >= 11 is 0. The van der Waals surface area contributed by atoms with Gasteiger partial charge in [0, 0.05) is 31.2 Å². The average Bonchev–Trinajstić information content (AvgIpc) is 2.94. The first kappa shape index (κ1) is 15.5. The molecule has 0 spiro atoms. The van der Waals surface area contributed by atoms with Crippen LogP contribution in [0.3, 0.4) is 0 Å². The zero-order valence-electron chi connectivity index (χ0n) is 12.4. The maximum Gasteiger partial charge on any atom is 0.243 e. The summed E-state index contributed by atoms with van der Waals surface area (Å²) in [6, 6.07) is -0.0986. The number of Topliss-reactive ketones (excluding diaryl/α,β-unsaturated/α-hetero) is 1. The van der Waals surface area contributed by atoms with Gasteiger partial charge in [-0.1, -0.05) is 0 Å². The Morgan fingerprint density at radius 2 is 1.90 bits per heavy atom. The Morgan fingerprint density at radius 3 is 2.40 bits per heavy atom. The average molecular weight is 301 g/mol. The topological polar surface area (TPSA) is 71.5 Å². The van der Waals surface area contributed by atoms with Crippen molar-refractivity contribution in [1.29, 1.82) is 0 Å². The first-order valence-corrected chi connectivity index (χ1v) is 9.09. The highest BCUT2D eigenvalue weighted by Gasteiger charge is 2.47. The zero-order chi connectivity index (χ0) is 15.1. The van der Waals surface area contributed by atoms with Gasteiger partial charge in [-0.2, -0.15) is 0 Å². The fourth-order valence-electron chi connectivity index (χ4n) is 3.22. The fourth-order valence-corrected chi connectivity index (χ4v) is 3.65. The number of sulfone groups is 1. The minimum absolute atomic E-state index is 0.0863. The first-order valence-electron chi connectivity index (χ1n) is 7.19. The standard InChI is InChI=1S/C14H23NO4S/c1-14(2,20(3,18)19)13(17)15-9-5-7-11(15)10-6-4-8-12(10)16/h10-11H,4-9H2,1-3H3. The van der Waals surface area contributed by atoms with Crippen LogP contribution in [-0.4, -0.2) is 48.6 Å². The van der Waals surface area contributed by atoms with Gasteiger partial charge >= 0.3 is 0 Å². The molecule has 2 atom stereocenters. The Morgan fingerprint density at radius 1 is 1.25 bits per heavy atom. The normalized spacial score (nSPS) is 28.1. The van der Waals surface area contributed by atoms with Crippen molar-refractivity contribution >= 4 is 21.5 Å². The summed E-state index contributed by atoms with van der Waals surface area (Å²) in [5.41, 5.74) is 0. The van der Waals surface area contributed by atoms with E-state index in [9.17, 15) is 18.0 Å². The molecule has 20 heavy (non-hydrogen) atoms. The lowest BCUT2D eigenvalue weighted by Gasteiger charge is -2.34. The van der Waals surface area contributed by atoms with Gasteiger partial charge in [0.2, 0.25) is 5.91 Å². The van der Waals surface area contributed by atoms with Crippen molar-refractivity contribution in [1.82, 2.24) is 4.90 Å². The lowest BCUT2D eigenvalue weighted by Crippen LogP contribution is -2.53. The molecule has 0 aromatic carbocycles. The van der Waals surface area contributed by atoms with Crippen molar-refractivity contribution in [3.8, 4) is 0 Å². The van der Waals surface area contributed by atoms with Crippen LogP contribution < -0.4 is 0 Å². The van der Waals surface area contributed by atoms with Crippen LogP contribution in [0.15, 0.2) is 0 Å². The van der Waals surface area contributed by atoms with Gasteiger partial charge in [-0.15, -0.1) is 0 Å². The molecule has 0 N–H and O–H groups in total. The molecule has 2 unspecified atom stereocenters. The van der Waals surface area contributed by atoms with Gasteiger partial charge in [0.1, 0.15) is 10.5 Å². The van der Waals surface area contributed by atoms with Crippen molar-refractivity contribution in [3.05, 3.63) is 0 Å². The number of likely N-dealkylation sites (tertiary alicyclic amines) is 1. The summed E-state index contributed by atoms with van der Waals surface area (Å²) < 4.78 is 22.2. The van der Waals surface area contributed by atoms with E-state index in [4.69, 9.17) is 0 Å². The molecule has 0 aromatic rings. The summed E-state index contributed by atoms with van der Waals surface area (Å²) in [5, 5.41) is 0. The van der Waals surface area contributed by atoms with Crippen molar-refractivity contribution < 1.29 is 18.0 Å². The molecule has 2 aliphatic rings. The van der Waals surface area contributed by atoms with E-state index in [-0.39, 0.29) is 23.7 Å². The predicted molar refractivity (Wildman–Crippen MR) is 76.0 cm³/mol. The van der Waals surface area contributed by atoms with Crippen LogP contribution in [0.4, 0.5) is 0 Å². The van der Waals surface area contributed by atoms with Crippen LogP contribution in [-0.2, 0) is 19.4 Å². The molecule has 6 heteroatoms. The third kappa shape index (κ3) is 2.50. The van der Waals surface area contributed by atoms with Gasteiger partial charge in [0.15, 0.2) is 9.84 Å². The van der Waals surface area contributed by atoms with E-state index in [1.54, 1.807) is 4.90 Å². The maximum atomic E-state index is 12.6. The summed E-state index contributed by atoms with van der Waals surface area (Å²) in [4.78, 5) is 26.2. The Balaban J connectivity index is 2.23. The lowest BCUT2D eigenvalue weighted by atomic mass is 9.94. The second-order valence-electron chi connectivity index (χ2n) is 6.46. The van der Waals surface area contributed by atoms with E-state index >= 15 is 0 Å². The lowest BCUT2D eigenvalue weighted by molar-refractivity contribution is -0.136. The smallest absolute Gasteiger partial charge is 0.243 e. The second-order valence-corrected chi connectivity index (χ2v) is 9.02. The number of nitrogens with zero attached hydrogens (tertiary/aromatic N) is 1. The highest BCUT2D eigenvalue weighted by Crippen LogP contribution is 2.35. The predicted octanol–water partition coefficient (Wildman–Crippen LogP) is 1.17. The van der Waals surface area contributed by atoms with Crippen LogP contribution >= 0.6 is 0 Å². The summed E-state index contributed by atoms with van der Waals surface area (Å²) in [6.07, 6.45) is 5.06. The molecular formula is C14H23NO4S. The SMILES string of the molecule is CC(C)(C(=O)N1CCCC1C1CCCC1=O)S(C)(=O)=O. The van der Waals surface area contributed by atoms with Crippen LogP contribution in [0.25, 0.3) is 0 Å². The maximum absolute atomic E-state index is 12.6. The number of amides is 1. The van der Waals surface area contributed by atoms with Crippen LogP contribution in [0.2, 0.25) is 0 Å². The number of ketones is 1.